The highest BCUT2D eigenvalue weighted by Crippen LogP contribution is 2.27. The van der Waals surface area contributed by atoms with Gasteiger partial charge in [-0.3, -0.25) is 4.90 Å². The minimum absolute atomic E-state index is 0.129. The van der Waals surface area contributed by atoms with Gasteiger partial charge in [0.1, 0.15) is 11.4 Å². The summed E-state index contributed by atoms with van der Waals surface area (Å²) in [5, 5.41) is 8.90. The zero-order valence-corrected chi connectivity index (χ0v) is 11.1. The van der Waals surface area contributed by atoms with Crippen LogP contribution in [0.1, 0.15) is 36.7 Å². The molecule has 6 nitrogen and oxygen atoms in total. The maximum absolute atomic E-state index is 12.0. The summed E-state index contributed by atoms with van der Waals surface area (Å²) >= 11 is 0. The fraction of sp³-hybridized carbons (Fsp3) is 0.462. The summed E-state index contributed by atoms with van der Waals surface area (Å²) in [5.74, 6) is -0.537. The minimum Gasteiger partial charge on any atom is -0.478 e. The summed E-state index contributed by atoms with van der Waals surface area (Å²) in [7, 11) is 0. The van der Waals surface area contributed by atoms with E-state index in [9.17, 15) is 9.59 Å². The number of hydrogen-bond acceptors (Lipinski definition) is 4. The van der Waals surface area contributed by atoms with Crippen molar-refractivity contribution in [3.63, 3.8) is 0 Å². The standard InChI is InChI=1S/C13H16N2O4/c1-13(2,3)19-12(18)15-5-4-8-6-9(11(16)17)7-14-10(8)15/h6-7H,4-5H2,1-3H3,(H,16,17). The molecule has 1 aliphatic heterocycles. The van der Waals surface area contributed by atoms with Crippen molar-refractivity contribution in [2.24, 2.45) is 0 Å². The second-order valence-electron chi connectivity index (χ2n) is 5.39. The molecular formula is C13H16N2O4. The Morgan fingerprint density at radius 1 is 1.42 bits per heavy atom. The van der Waals surface area contributed by atoms with Crippen molar-refractivity contribution in [2.75, 3.05) is 11.4 Å². The fourth-order valence-electron chi connectivity index (χ4n) is 1.88. The Morgan fingerprint density at radius 2 is 2.11 bits per heavy atom. The van der Waals surface area contributed by atoms with Gasteiger partial charge in [-0.05, 0) is 38.8 Å². The van der Waals surface area contributed by atoms with E-state index in [0.717, 1.165) is 5.56 Å². The Labute approximate surface area is 111 Å². The Bertz CT molecular complexity index is 534. The second kappa shape index (κ2) is 4.53. The van der Waals surface area contributed by atoms with Gasteiger partial charge in [-0.2, -0.15) is 0 Å². The van der Waals surface area contributed by atoms with Crippen LogP contribution in [0.4, 0.5) is 10.6 Å². The first-order valence-corrected chi connectivity index (χ1v) is 6.00. The van der Waals surface area contributed by atoms with Crippen molar-refractivity contribution in [2.45, 2.75) is 32.8 Å². The number of pyridine rings is 1. The average molecular weight is 264 g/mol. The topological polar surface area (TPSA) is 79.7 Å². The van der Waals surface area contributed by atoms with E-state index in [1.54, 1.807) is 26.8 Å². The molecule has 1 aliphatic rings. The summed E-state index contributed by atoms with van der Waals surface area (Å²) in [6, 6.07) is 1.55. The lowest BCUT2D eigenvalue weighted by Crippen LogP contribution is -2.36. The molecule has 0 radical (unpaired) electrons. The van der Waals surface area contributed by atoms with E-state index >= 15 is 0 Å². The zero-order chi connectivity index (χ0) is 14.2. The summed E-state index contributed by atoms with van der Waals surface area (Å²) in [5.41, 5.74) is 0.316. The lowest BCUT2D eigenvalue weighted by molar-refractivity contribution is 0.0582. The Morgan fingerprint density at radius 3 is 2.68 bits per heavy atom. The fourth-order valence-corrected chi connectivity index (χ4v) is 1.88. The summed E-state index contributed by atoms with van der Waals surface area (Å²) < 4.78 is 5.29. The molecule has 0 saturated carbocycles. The highest BCUT2D eigenvalue weighted by atomic mass is 16.6. The van der Waals surface area contributed by atoms with Crippen LogP contribution in [0, 0.1) is 0 Å². The molecule has 0 atom stereocenters. The van der Waals surface area contributed by atoms with E-state index in [2.05, 4.69) is 4.98 Å². The van der Waals surface area contributed by atoms with Crippen LogP contribution in [0.5, 0.6) is 0 Å². The molecule has 0 aromatic carbocycles. The zero-order valence-electron chi connectivity index (χ0n) is 11.1. The van der Waals surface area contributed by atoms with Crippen molar-refractivity contribution in [3.8, 4) is 0 Å². The largest absolute Gasteiger partial charge is 0.478 e. The molecule has 6 heteroatoms. The van der Waals surface area contributed by atoms with Crippen molar-refractivity contribution in [1.82, 2.24) is 4.98 Å². The van der Waals surface area contributed by atoms with Gasteiger partial charge >= 0.3 is 12.1 Å². The SMILES string of the molecule is CC(C)(C)OC(=O)N1CCc2cc(C(=O)O)cnc21. The van der Waals surface area contributed by atoms with Crippen molar-refractivity contribution in [1.29, 1.82) is 0 Å². The van der Waals surface area contributed by atoms with E-state index in [4.69, 9.17) is 9.84 Å². The van der Waals surface area contributed by atoms with Crippen LogP contribution in [0.3, 0.4) is 0 Å². The van der Waals surface area contributed by atoms with E-state index in [0.29, 0.717) is 18.8 Å². The number of carbonyl (C=O) groups excluding carboxylic acids is 1. The van der Waals surface area contributed by atoms with Gasteiger partial charge < -0.3 is 9.84 Å². The third-order valence-electron chi connectivity index (χ3n) is 2.66. The molecule has 1 amide bonds. The van der Waals surface area contributed by atoms with Crippen LogP contribution in [-0.4, -0.2) is 34.3 Å². The first-order chi connectivity index (χ1) is 8.78. The summed E-state index contributed by atoms with van der Waals surface area (Å²) in [6.45, 7) is 5.84. The van der Waals surface area contributed by atoms with Crippen LogP contribution in [0.15, 0.2) is 12.3 Å². The monoisotopic (exact) mass is 264 g/mol. The molecule has 0 fully saturated rings. The number of anilines is 1. The summed E-state index contributed by atoms with van der Waals surface area (Å²) in [4.78, 5) is 28.3. The molecule has 0 unspecified atom stereocenters. The second-order valence-corrected chi connectivity index (χ2v) is 5.39. The number of ether oxygens (including phenoxy) is 1. The number of rotatable bonds is 1. The maximum Gasteiger partial charge on any atom is 0.416 e. The highest BCUT2D eigenvalue weighted by molar-refractivity contribution is 5.91. The number of aromatic carboxylic acids is 1. The van der Waals surface area contributed by atoms with E-state index in [1.807, 2.05) is 0 Å². The Balaban J connectivity index is 2.23. The smallest absolute Gasteiger partial charge is 0.416 e. The molecule has 102 valence electrons. The van der Waals surface area contributed by atoms with Crippen molar-refractivity contribution < 1.29 is 19.4 Å². The molecule has 1 aromatic heterocycles. The molecule has 0 saturated heterocycles. The van der Waals surface area contributed by atoms with Crippen molar-refractivity contribution >= 4 is 17.9 Å². The third-order valence-corrected chi connectivity index (χ3v) is 2.66. The number of nitrogens with zero attached hydrogens (tertiary/aromatic N) is 2. The molecule has 0 aliphatic carbocycles. The number of carbonyl (C=O) groups is 2. The molecule has 1 aromatic rings. The average Bonchev–Trinajstić information content (AvgIpc) is 2.68. The van der Waals surface area contributed by atoms with Crippen LogP contribution in [-0.2, 0) is 11.2 Å². The molecule has 0 bridgehead atoms. The lowest BCUT2D eigenvalue weighted by atomic mass is 10.2. The molecule has 19 heavy (non-hydrogen) atoms. The molecular weight excluding hydrogens is 248 g/mol. The molecule has 2 rings (SSSR count). The number of carboxylic acids is 1. The number of aromatic nitrogens is 1. The van der Waals surface area contributed by atoms with Crippen LogP contribution >= 0.6 is 0 Å². The number of amides is 1. The number of hydrogen-bond donors (Lipinski definition) is 1. The van der Waals surface area contributed by atoms with Crippen molar-refractivity contribution in [3.05, 3.63) is 23.4 Å². The predicted molar refractivity (Wildman–Crippen MR) is 68.5 cm³/mol. The van der Waals surface area contributed by atoms with Crippen LogP contribution < -0.4 is 4.90 Å². The van der Waals surface area contributed by atoms with E-state index in [-0.39, 0.29) is 5.56 Å². The number of carboxylic acid groups (broad SMARTS) is 1. The van der Waals surface area contributed by atoms with Gasteiger partial charge in [0.25, 0.3) is 0 Å². The molecule has 1 N–H and O–H groups in total. The summed E-state index contributed by atoms with van der Waals surface area (Å²) in [6.07, 6.45) is 1.38. The van der Waals surface area contributed by atoms with Gasteiger partial charge in [0.15, 0.2) is 0 Å². The maximum atomic E-state index is 12.0. The quantitative estimate of drug-likeness (QED) is 0.840. The first kappa shape index (κ1) is 13.3. The van der Waals surface area contributed by atoms with Gasteiger partial charge in [-0.1, -0.05) is 0 Å². The highest BCUT2D eigenvalue weighted by Gasteiger charge is 2.30. The van der Waals surface area contributed by atoms with Gasteiger partial charge in [-0.15, -0.1) is 0 Å². The van der Waals surface area contributed by atoms with Gasteiger partial charge in [0.05, 0.1) is 5.56 Å². The first-order valence-electron chi connectivity index (χ1n) is 6.00. The third kappa shape index (κ3) is 2.83. The van der Waals surface area contributed by atoms with Crippen LogP contribution in [0.25, 0.3) is 0 Å². The predicted octanol–water partition coefficient (Wildman–Crippen LogP) is 2.08. The Kier molecular flexibility index (Phi) is 3.18. The minimum atomic E-state index is -1.02. The molecule has 2 heterocycles. The van der Waals surface area contributed by atoms with Gasteiger partial charge in [0.2, 0.25) is 0 Å². The van der Waals surface area contributed by atoms with Gasteiger partial charge in [-0.25, -0.2) is 14.6 Å². The number of fused-ring (bicyclic) bond motifs is 1. The van der Waals surface area contributed by atoms with E-state index in [1.165, 1.54) is 11.1 Å². The van der Waals surface area contributed by atoms with Gasteiger partial charge in [0, 0.05) is 12.7 Å². The van der Waals surface area contributed by atoms with E-state index < -0.39 is 17.7 Å². The normalized spacial score (nSPS) is 14.2. The molecule has 0 spiro atoms. The van der Waals surface area contributed by atoms with Crippen LogP contribution in [0.2, 0.25) is 0 Å². The lowest BCUT2D eigenvalue weighted by Gasteiger charge is -2.24. The Hall–Kier alpha value is -2.11.